The molecule has 1 fully saturated rings. The summed E-state index contributed by atoms with van der Waals surface area (Å²) in [6, 6.07) is 0. The van der Waals surface area contributed by atoms with Gasteiger partial charge >= 0.3 is 6.18 Å². The molecule has 0 N–H and O–H groups in total. The van der Waals surface area contributed by atoms with E-state index < -0.39 is 18.2 Å². The van der Waals surface area contributed by atoms with E-state index in [1.165, 1.54) is 6.92 Å². The average molecular weight is 140 g/mol. The van der Waals surface area contributed by atoms with Crippen molar-refractivity contribution in [3.05, 3.63) is 0 Å². The Bertz CT molecular complexity index is 111. The van der Waals surface area contributed by atoms with Crippen LogP contribution in [0.15, 0.2) is 0 Å². The van der Waals surface area contributed by atoms with Crippen LogP contribution in [0.25, 0.3) is 0 Å². The molecule has 1 rings (SSSR count). The van der Waals surface area contributed by atoms with Gasteiger partial charge in [-0.1, -0.05) is 0 Å². The quantitative estimate of drug-likeness (QED) is 0.505. The van der Waals surface area contributed by atoms with E-state index in [1.807, 2.05) is 0 Å². The maximum Gasteiger partial charge on any atom is 0.391 e. The standard InChI is InChI=1S/C5H7F3O/c1-4(3-9-4)2-5(6,7)8/h2-3H2,1H3. The second-order valence-electron chi connectivity index (χ2n) is 2.53. The molecular formula is C5H7F3O. The Hall–Kier alpha value is -0.250. The van der Waals surface area contributed by atoms with Crippen LogP contribution in [0.2, 0.25) is 0 Å². The highest BCUT2D eigenvalue weighted by molar-refractivity contribution is 4.88. The van der Waals surface area contributed by atoms with Gasteiger partial charge in [0.1, 0.15) is 0 Å². The minimum Gasteiger partial charge on any atom is -0.370 e. The topological polar surface area (TPSA) is 12.5 Å². The van der Waals surface area contributed by atoms with Crippen molar-refractivity contribution in [2.75, 3.05) is 6.61 Å². The van der Waals surface area contributed by atoms with Gasteiger partial charge in [0, 0.05) is 0 Å². The molecule has 0 aromatic carbocycles. The van der Waals surface area contributed by atoms with Gasteiger partial charge in [-0.3, -0.25) is 0 Å². The maximum atomic E-state index is 11.5. The summed E-state index contributed by atoms with van der Waals surface area (Å²) in [6.07, 6.45) is -4.90. The second kappa shape index (κ2) is 1.62. The molecule has 1 atom stereocenters. The van der Waals surface area contributed by atoms with Crippen LogP contribution in [-0.4, -0.2) is 18.4 Å². The Morgan fingerprint density at radius 2 is 2.00 bits per heavy atom. The van der Waals surface area contributed by atoms with E-state index in [4.69, 9.17) is 0 Å². The summed E-state index contributed by atoms with van der Waals surface area (Å²) in [5.74, 6) is 0. The van der Waals surface area contributed by atoms with Gasteiger partial charge in [0.2, 0.25) is 0 Å². The number of alkyl halides is 3. The second-order valence-corrected chi connectivity index (χ2v) is 2.53. The first-order chi connectivity index (χ1) is 3.91. The van der Waals surface area contributed by atoms with E-state index in [-0.39, 0.29) is 6.61 Å². The van der Waals surface area contributed by atoms with Gasteiger partial charge in [0.25, 0.3) is 0 Å². The van der Waals surface area contributed by atoms with Crippen molar-refractivity contribution < 1.29 is 17.9 Å². The maximum absolute atomic E-state index is 11.5. The zero-order valence-corrected chi connectivity index (χ0v) is 4.96. The van der Waals surface area contributed by atoms with Crippen molar-refractivity contribution in [3.63, 3.8) is 0 Å². The summed E-state index contributed by atoms with van der Waals surface area (Å²) in [4.78, 5) is 0. The van der Waals surface area contributed by atoms with Crippen LogP contribution < -0.4 is 0 Å². The predicted octanol–water partition coefficient (Wildman–Crippen LogP) is 1.73. The summed E-state index contributed by atoms with van der Waals surface area (Å²) in [5, 5.41) is 0. The number of hydrogen-bond acceptors (Lipinski definition) is 1. The summed E-state index contributed by atoms with van der Waals surface area (Å²) < 4.78 is 39.1. The molecule has 1 aliphatic heterocycles. The first kappa shape index (κ1) is 6.86. The van der Waals surface area contributed by atoms with Crippen LogP contribution in [0.1, 0.15) is 13.3 Å². The van der Waals surface area contributed by atoms with E-state index in [9.17, 15) is 13.2 Å². The lowest BCUT2D eigenvalue weighted by Gasteiger charge is -2.07. The molecule has 0 bridgehead atoms. The molecule has 1 saturated heterocycles. The highest BCUT2D eigenvalue weighted by Gasteiger charge is 2.48. The molecule has 0 amide bonds. The molecule has 0 saturated carbocycles. The first-order valence-electron chi connectivity index (χ1n) is 2.62. The molecule has 0 aliphatic carbocycles. The fraction of sp³-hybridized carbons (Fsp3) is 1.00. The van der Waals surface area contributed by atoms with Gasteiger partial charge < -0.3 is 4.74 Å². The number of rotatable bonds is 1. The van der Waals surface area contributed by atoms with Crippen LogP contribution in [-0.2, 0) is 4.74 Å². The molecular weight excluding hydrogens is 133 g/mol. The van der Waals surface area contributed by atoms with Crippen molar-refractivity contribution in [2.24, 2.45) is 0 Å². The zero-order chi connectivity index (χ0) is 7.12. The predicted molar refractivity (Wildman–Crippen MR) is 25.0 cm³/mol. The third-order valence-electron chi connectivity index (χ3n) is 1.21. The number of ether oxygens (including phenoxy) is 1. The van der Waals surface area contributed by atoms with Crippen molar-refractivity contribution in [2.45, 2.75) is 25.1 Å². The van der Waals surface area contributed by atoms with Crippen LogP contribution in [0.3, 0.4) is 0 Å². The SMILES string of the molecule is CC1(CC(F)(F)F)CO1. The van der Waals surface area contributed by atoms with Crippen molar-refractivity contribution in [1.82, 2.24) is 0 Å². The monoisotopic (exact) mass is 140 g/mol. The third kappa shape index (κ3) is 2.22. The Labute approximate surface area is 50.8 Å². The lowest BCUT2D eigenvalue weighted by Crippen LogP contribution is -2.18. The molecule has 1 unspecified atom stereocenters. The molecule has 9 heavy (non-hydrogen) atoms. The highest BCUT2D eigenvalue weighted by Crippen LogP contribution is 2.37. The average Bonchev–Trinajstić information content (AvgIpc) is 2.12. The lowest BCUT2D eigenvalue weighted by atomic mass is 10.1. The Morgan fingerprint density at radius 1 is 1.56 bits per heavy atom. The molecule has 54 valence electrons. The van der Waals surface area contributed by atoms with Crippen LogP contribution in [0, 0.1) is 0 Å². The van der Waals surface area contributed by atoms with Gasteiger partial charge in [-0.15, -0.1) is 0 Å². The van der Waals surface area contributed by atoms with Gasteiger partial charge in [0.05, 0.1) is 18.6 Å². The summed E-state index contributed by atoms with van der Waals surface area (Å²) in [7, 11) is 0. The summed E-state index contributed by atoms with van der Waals surface area (Å²) in [5.41, 5.74) is -0.891. The molecule has 0 aromatic rings. The summed E-state index contributed by atoms with van der Waals surface area (Å²) >= 11 is 0. The number of hydrogen-bond donors (Lipinski definition) is 0. The summed E-state index contributed by atoms with van der Waals surface area (Å²) in [6.45, 7) is 1.70. The van der Waals surface area contributed by atoms with Gasteiger partial charge in [-0.2, -0.15) is 13.2 Å². The van der Waals surface area contributed by atoms with Gasteiger partial charge in [-0.25, -0.2) is 0 Å². The largest absolute Gasteiger partial charge is 0.391 e. The lowest BCUT2D eigenvalue weighted by molar-refractivity contribution is -0.145. The third-order valence-corrected chi connectivity index (χ3v) is 1.21. The van der Waals surface area contributed by atoms with E-state index in [2.05, 4.69) is 4.74 Å². The van der Waals surface area contributed by atoms with Crippen molar-refractivity contribution in [3.8, 4) is 0 Å². The Balaban J connectivity index is 2.33. The first-order valence-corrected chi connectivity index (χ1v) is 2.62. The van der Waals surface area contributed by atoms with Crippen molar-refractivity contribution >= 4 is 0 Å². The molecule has 1 aliphatic rings. The highest BCUT2D eigenvalue weighted by atomic mass is 19.4. The van der Waals surface area contributed by atoms with E-state index in [0.29, 0.717) is 0 Å². The molecule has 1 heterocycles. The van der Waals surface area contributed by atoms with E-state index in [0.717, 1.165) is 0 Å². The molecule has 4 heteroatoms. The van der Waals surface area contributed by atoms with Gasteiger partial charge in [0.15, 0.2) is 0 Å². The molecule has 0 aromatic heterocycles. The van der Waals surface area contributed by atoms with Gasteiger partial charge in [-0.05, 0) is 6.92 Å². The Morgan fingerprint density at radius 3 is 2.11 bits per heavy atom. The number of epoxide rings is 1. The minimum atomic E-state index is -4.08. The van der Waals surface area contributed by atoms with Crippen molar-refractivity contribution in [1.29, 1.82) is 0 Å². The van der Waals surface area contributed by atoms with Crippen LogP contribution >= 0.6 is 0 Å². The van der Waals surface area contributed by atoms with Crippen LogP contribution in [0.4, 0.5) is 13.2 Å². The van der Waals surface area contributed by atoms with E-state index in [1.54, 1.807) is 0 Å². The molecule has 0 radical (unpaired) electrons. The Kier molecular flexibility index (Phi) is 1.24. The normalized spacial score (nSPS) is 34.7. The van der Waals surface area contributed by atoms with Crippen LogP contribution in [0.5, 0.6) is 0 Å². The number of halogens is 3. The fourth-order valence-corrected chi connectivity index (χ4v) is 0.649. The zero-order valence-electron chi connectivity index (χ0n) is 4.96. The van der Waals surface area contributed by atoms with E-state index >= 15 is 0 Å². The minimum absolute atomic E-state index is 0.243. The smallest absolute Gasteiger partial charge is 0.370 e. The molecule has 0 spiro atoms. The molecule has 1 nitrogen and oxygen atoms in total. The fourth-order valence-electron chi connectivity index (χ4n) is 0.649.